The van der Waals surface area contributed by atoms with Gasteiger partial charge >= 0.3 is 0 Å². The largest absolute Gasteiger partial charge is 0.495 e. The van der Waals surface area contributed by atoms with Crippen LogP contribution in [0.2, 0.25) is 0 Å². The zero-order valence-electron chi connectivity index (χ0n) is 15.8. The van der Waals surface area contributed by atoms with Crippen molar-refractivity contribution in [2.45, 2.75) is 19.4 Å². The minimum absolute atomic E-state index is 0.236. The monoisotopic (exact) mass is 375 g/mol. The van der Waals surface area contributed by atoms with Gasteiger partial charge in [0.25, 0.3) is 5.91 Å². The van der Waals surface area contributed by atoms with Crippen LogP contribution in [0.3, 0.4) is 0 Å². The molecular weight excluding hydrogens is 354 g/mol. The Morgan fingerprint density at radius 1 is 1.00 bits per heavy atom. The highest BCUT2D eigenvalue weighted by atomic mass is 16.5. The van der Waals surface area contributed by atoms with Gasteiger partial charge in [0.1, 0.15) is 22.7 Å². The van der Waals surface area contributed by atoms with Gasteiger partial charge in [0.2, 0.25) is 0 Å². The van der Waals surface area contributed by atoms with Crippen LogP contribution in [0.25, 0.3) is 21.9 Å². The molecule has 3 aromatic carbocycles. The van der Waals surface area contributed by atoms with Gasteiger partial charge in [-0.2, -0.15) is 0 Å². The third kappa shape index (κ3) is 3.39. The Morgan fingerprint density at radius 2 is 1.75 bits per heavy atom. The number of amides is 1. The van der Waals surface area contributed by atoms with E-state index in [4.69, 9.17) is 13.9 Å². The van der Waals surface area contributed by atoms with Gasteiger partial charge < -0.3 is 19.2 Å². The average molecular weight is 375 g/mol. The van der Waals surface area contributed by atoms with Gasteiger partial charge in [0.15, 0.2) is 6.10 Å². The van der Waals surface area contributed by atoms with Gasteiger partial charge in [0, 0.05) is 16.8 Å². The number of fused-ring (bicyclic) bond motifs is 3. The van der Waals surface area contributed by atoms with E-state index in [0.717, 1.165) is 16.4 Å². The summed E-state index contributed by atoms with van der Waals surface area (Å²) in [4.78, 5) is 12.8. The van der Waals surface area contributed by atoms with Crippen LogP contribution < -0.4 is 14.8 Å². The number of carbonyl (C=O) groups excluding carboxylic acids is 1. The van der Waals surface area contributed by atoms with E-state index in [1.165, 1.54) is 0 Å². The molecule has 0 aliphatic carbocycles. The Labute approximate surface area is 162 Å². The molecule has 0 spiro atoms. The van der Waals surface area contributed by atoms with Crippen LogP contribution in [0.5, 0.6) is 11.5 Å². The molecule has 0 fully saturated rings. The van der Waals surface area contributed by atoms with Crippen molar-refractivity contribution in [2.75, 3.05) is 12.4 Å². The van der Waals surface area contributed by atoms with Crippen molar-refractivity contribution in [3.05, 3.63) is 66.7 Å². The molecule has 5 heteroatoms. The first kappa shape index (κ1) is 17.9. The molecule has 5 nitrogen and oxygen atoms in total. The van der Waals surface area contributed by atoms with Crippen molar-refractivity contribution in [3.8, 4) is 11.5 Å². The van der Waals surface area contributed by atoms with Gasteiger partial charge in [-0.1, -0.05) is 43.3 Å². The molecule has 0 radical (unpaired) electrons. The summed E-state index contributed by atoms with van der Waals surface area (Å²) in [5.41, 5.74) is 2.03. The summed E-state index contributed by atoms with van der Waals surface area (Å²) < 4.78 is 17.3. The van der Waals surface area contributed by atoms with Gasteiger partial charge in [-0.3, -0.25) is 4.79 Å². The van der Waals surface area contributed by atoms with E-state index in [1.54, 1.807) is 13.2 Å². The molecule has 1 N–H and O–H groups in total. The number of anilines is 1. The first-order valence-corrected chi connectivity index (χ1v) is 9.21. The lowest BCUT2D eigenvalue weighted by molar-refractivity contribution is -0.122. The maximum Gasteiger partial charge on any atom is 0.265 e. The molecule has 4 rings (SSSR count). The Bertz CT molecular complexity index is 1120. The van der Waals surface area contributed by atoms with E-state index < -0.39 is 6.10 Å². The highest BCUT2D eigenvalue weighted by Crippen LogP contribution is 2.36. The Morgan fingerprint density at radius 3 is 2.50 bits per heavy atom. The molecule has 0 bridgehead atoms. The first-order chi connectivity index (χ1) is 13.7. The number of ether oxygens (including phenoxy) is 2. The maximum atomic E-state index is 12.8. The number of rotatable bonds is 6. The molecule has 1 aromatic heterocycles. The lowest BCUT2D eigenvalue weighted by atomic mass is 10.1. The van der Waals surface area contributed by atoms with E-state index in [1.807, 2.05) is 67.6 Å². The van der Waals surface area contributed by atoms with Crippen molar-refractivity contribution in [1.29, 1.82) is 0 Å². The van der Waals surface area contributed by atoms with E-state index in [2.05, 4.69) is 5.32 Å². The summed E-state index contributed by atoms with van der Waals surface area (Å²) >= 11 is 0. The number of hydrogen-bond donors (Lipinski definition) is 1. The molecule has 4 aromatic rings. The van der Waals surface area contributed by atoms with Crippen LogP contribution in [0, 0.1) is 0 Å². The van der Waals surface area contributed by atoms with Crippen LogP contribution in [-0.2, 0) is 4.79 Å². The lowest BCUT2D eigenvalue weighted by Crippen LogP contribution is -2.32. The highest BCUT2D eigenvalue weighted by Gasteiger charge is 2.21. The predicted octanol–water partition coefficient (Wildman–Crippen LogP) is 5.39. The Hall–Kier alpha value is -3.47. The number of methoxy groups -OCH3 is 1. The van der Waals surface area contributed by atoms with Crippen LogP contribution >= 0.6 is 0 Å². The SMILES string of the molecule is CC[C@H](Oc1ccccc1)C(=O)Nc1cc2oc3ccccc3c2cc1OC. The van der Waals surface area contributed by atoms with Crippen molar-refractivity contribution in [2.24, 2.45) is 0 Å². The standard InChI is InChI=1S/C23H21NO4/c1-3-19(27-15-9-5-4-6-10-15)23(25)24-18-14-21-17(13-22(18)26-2)16-11-7-8-12-20(16)28-21/h4-14,19H,3H2,1-2H3,(H,24,25)/t19-/m0/s1. The number of hydrogen-bond acceptors (Lipinski definition) is 4. The van der Waals surface area contributed by atoms with E-state index in [9.17, 15) is 4.79 Å². The molecule has 1 atom stereocenters. The Kier molecular flexibility index (Phi) is 4.89. The van der Waals surface area contributed by atoms with Gasteiger partial charge in [0.05, 0.1) is 12.8 Å². The second-order valence-electron chi connectivity index (χ2n) is 6.46. The first-order valence-electron chi connectivity index (χ1n) is 9.21. The van der Waals surface area contributed by atoms with Gasteiger partial charge in [-0.05, 0) is 30.7 Å². The molecule has 1 heterocycles. The normalized spacial score (nSPS) is 12.1. The third-order valence-electron chi connectivity index (χ3n) is 4.64. The second kappa shape index (κ2) is 7.64. The van der Waals surface area contributed by atoms with E-state index in [0.29, 0.717) is 29.2 Å². The average Bonchev–Trinajstić information content (AvgIpc) is 3.09. The van der Waals surface area contributed by atoms with Crippen molar-refractivity contribution in [1.82, 2.24) is 0 Å². The fraction of sp³-hybridized carbons (Fsp3) is 0.174. The number of para-hydroxylation sites is 2. The molecule has 0 aliphatic rings. The fourth-order valence-corrected chi connectivity index (χ4v) is 3.22. The molecule has 0 unspecified atom stereocenters. The molecule has 0 aliphatic heterocycles. The summed E-state index contributed by atoms with van der Waals surface area (Å²) in [5.74, 6) is 0.992. The molecular formula is C23H21NO4. The molecule has 0 saturated carbocycles. The minimum atomic E-state index is -0.613. The maximum absolute atomic E-state index is 12.8. The smallest absolute Gasteiger partial charge is 0.265 e. The van der Waals surface area contributed by atoms with E-state index >= 15 is 0 Å². The molecule has 1 amide bonds. The zero-order chi connectivity index (χ0) is 19.5. The topological polar surface area (TPSA) is 60.7 Å². The molecule has 28 heavy (non-hydrogen) atoms. The van der Waals surface area contributed by atoms with Crippen LogP contribution in [0.1, 0.15) is 13.3 Å². The summed E-state index contributed by atoms with van der Waals surface area (Å²) in [6.07, 6.45) is -0.0749. The van der Waals surface area contributed by atoms with Crippen molar-refractivity contribution in [3.63, 3.8) is 0 Å². The third-order valence-corrected chi connectivity index (χ3v) is 4.64. The van der Waals surface area contributed by atoms with Crippen molar-refractivity contribution < 1.29 is 18.7 Å². The number of furan rings is 1. The quantitative estimate of drug-likeness (QED) is 0.491. The summed E-state index contributed by atoms with van der Waals surface area (Å²) in [6.45, 7) is 1.91. The van der Waals surface area contributed by atoms with Gasteiger partial charge in [-0.25, -0.2) is 0 Å². The zero-order valence-corrected chi connectivity index (χ0v) is 15.8. The van der Waals surface area contributed by atoms with E-state index in [-0.39, 0.29) is 5.91 Å². The molecule has 0 saturated heterocycles. The van der Waals surface area contributed by atoms with Crippen LogP contribution in [-0.4, -0.2) is 19.1 Å². The fourth-order valence-electron chi connectivity index (χ4n) is 3.22. The molecule has 142 valence electrons. The highest BCUT2D eigenvalue weighted by molar-refractivity contribution is 6.08. The van der Waals surface area contributed by atoms with Crippen LogP contribution in [0.15, 0.2) is 71.1 Å². The summed E-state index contributed by atoms with van der Waals surface area (Å²) in [6, 6.07) is 20.8. The number of carbonyl (C=O) groups is 1. The van der Waals surface area contributed by atoms with Crippen molar-refractivity contribution >= 4 is 33.5 Å². The second-order valence-corrected chi connectivity index (χ2v) is 6.46. The number of benzene rings is 3. The minimum Gasteiger partial charge on any atom is -0.495 e. The van der Waals surface area contributed by atoms with Crippen LogP contribution in [0.4, 0.5) is 5.69 Å². The number of nitrogens with one attached hydrogen (secondary N) is 1. The Balaban J connectivity index is 1.64. The van der Waals surface area contributed by atoms with Gasteiger partial charge in [-0.15, -0.1) is 0 Å². The summed E-state index contributed by atoms with van der Waals surface area (Å²) in [5, 5.41) is 4.87. The summed E-state index contributed by atoms with van der Waals surface area (Å²) in [7, 11) is 1.58. The lowest BCUT2D eigenvalue weighted by Gasteiger charge is -2.18. The predicted molar refractivity (Wildman–Crippen MR) is 110 cm³/mol.